The maximum atomic E-state index is 11.8. The third-order valence-electron chi connectivity index (χ3n) is 2.73. The molecule has 1 heterocycles. The predicted octanol–water partition coefficient (Wildman–Crippen LogP) is -0.205. The van der Waals surface area contributed by atoms with Gasteiger partial charge in [0.05, 0.1) is 0 Å². The summed E-state index contributed by atoms with van der Waals surface area (Å²) in [7, 11) is 2.78. The standard InChI is InChI=1S/C11H18N4O3/c1-4-5-6-7(16)13-8-9(12)14(2)11(18)15(3)10(8)17/h4-6,12H2,1-3H3,(H,13,16). The fourth-order valence-electron chi connectivity index (χ4n) is 1.52. The van der Waals surface area contributed by atoms with E-state index in [4.69, 9.17) is 5.73 Å². The molecule has 0 aliphatic carbocycles. The van der Waals surface area contributed by atoms with Crippen molar-refractivity contribution in [2.24, 2.45) is 14.1 Å². The molecule has 18 heavy (non-hydrogen) atoms. The molecule has 0 fully saturated rings. The molecule has 1 amide bonds. The second-order valence-electron chi connectivity index (χ2n) is 4.12. The maximum absolute atomic E-state index is 11.8. The first-order valence-electron chi connectivity index (χ1n) is 5.75. The number of amides is 1. The summed E-state index contributed by atoms with van der Waals surface area (Å²) in [6, 6.07) is 0. The second kappa shape index (κ2) is 5.52. The number of unbranched alkanes of at least 4 members (excludes halogenated alkanes) is 1. The Kier molecular flexibility index (Phi) is 4.30. The third kappa shape index (κ3) is 2.61. The van der Waals surface area contributed by atoms with Gasteiger partial charge in [0.25, 0.3) is 5.56 Å². The quantitative estimate of drug-likeness (QED) is 0.776. The molecule has 100 valence electrons. The van der Waals surface area contributed by atoms with Gasteiger partial charge in [-0.25, -0.2) is 4.79 Å². The van der Waals surface area contributed by atoms with Crippen molar-refractivity contribution < 1.29 is 4.79 Å². The van der Waals surface area contributed by atoms with E-state index in [1.165, 1.54) is 14.1 Å². The number of carbonyl (C=O) groups is 1. The molecule has 7 heteroatoms. The van der Waals surface area contributed by atoms with Gasteiger partial charge >= 0.3 is 5.69 Å². The molecule has 0 aromatic carbocycles. The normalized spacial score (nSPS) is 10.4. The SMILES string of the molecule is CCCCC(=O)Nc1c(N)n(C)c(=O)n(C)c1=O. The average molecular weight is 254 g/mol. The van der Waals surface area contributed by atoms with E-state index in [1.54, 1.807) is 0 Å². The van der Waals surface area contributed by atoms with Crippen LogP contribution in [0.4, 0.5) is 11.5 Å². The topological polar surface area (TPSA) is 99.1 Å². The molecule has 0 spiro atoms. The van der Waals surface area contributed by atoms with E-state index in [-0.39, 0.29) is 17.4 Å². The predicted molar refractivity (Wildman–Crippen MR) is 69.5 cm³/mol. The number of rotatable bonds is 4. The van der Waals surface area contributed by atoms with Gasteiger partial charge in [-0.2, -0.15) is 0 Å². The molecule has 0 radical (unpaired) electrons. The summed E-state index contributed by atoms with van der Waals surface area (Å²) in [5.74, 6) is -0.313. The molecule has 1 aromatic rings. The zero-order valence-electron chi connectivity index (χ0n) is 10.8. The van der Waals surface area contributed by atoms with Crippen LogP contribution in [0.1, 0.15) is 26.2 Å². The van der Waals surface area contributed by atoms with Crippen LogP contribution in [0.2, 0.25) is 0 Å². The first-order valence-corrected chi connectivity index (χ1v) is 5.75. The van der Waals surface area contributed by atoms with Crippen molar-refractivity contribution in [1.29, 1.82) is 0 Å². The number of hydrogen-bond donors (Lipinski definition) is 2. The Bertz CT molecular complexity index is 571. The van der Waals surface area contributed by atoms with E-state index in [1.807, 2.05) is 6.92 Å². The summed E-state index contributed by atoms with van der Waals surface area (Å²) in [6.45, 7) is 1.97. The molecule has 7 nitrogen and oxygen atoms in total. The Labute approximate surface area is 104 Å². The minimum Gasteiger partial charge on any atom is -0.383 e. The molecular weight excluding hydrogens is 236 g/mol. The lowest BCUT2D eigenvalue weighted by atomic mass is 10.2. The number of hydrogen-bond acceptors (Lipinski definition) is 4. The van der Waals surface area contributed by atoms with Crippen molar-refractivity contribution in [3.05, 3.63) is 20.8 Å². The lowest BCUT2D eigenvalue weighted by molar-refractivity contribution is -0.116. The van der Waals surface area contributed by atoms with E-state index < -0.39 is 11.2 Å². The number of anilines is 2. The highest BCUT2D eigenvalue weighted by atomic mass is 16.2. The van der Waals surface area contributed by atoms with Crippen LogP contribution < -0.4 is 22.3 Å². The molecule has 1 rings (SSSR count). The van der Waals surface area contributed by atoms with Gasteiger partial charge in [0, 0.05) is 20.5 Å². The first kappa shape index (κ1) is 14.0. The minimum atomic E-state index is -0.597. The van der Waals surface area contributed by atoms with Crippen molar-refractivity contribution >= 4 is 17.4 Å². The number of nitrogens with two attached hydrogens (primary N) is 1. The highest BCUT2D eigenvalue weighted by Gasteiger charge is 2.15. The van der Waals surface area contributed by atoms with Crippen LogP contribution in [-0.4, -0.2) is 15.0 Å². The fraction of sp³-hybridized carbons (Fsp3) is 0.545. The number of nitrogens with zero attached hydrogens (tertiary/aromatic N) is 2. The summed E-state index contributed by atoms with van der Waals surface area (Å²) in [5.41, 5.74) is 4.50. The summed E-state index contributed by atoms with van der Waals surface area (Å²) >= 11 is 0. The maximum Gasteiger partial charge on any atom is 0.332 e. The van der Waals surface area contributed by atoms with Crippen LogP contribution in [0.25, 0.3) is 0 Å². The number of nitrogen functional groups attached to an aromatic ring is 1. The van der Waals surface area contributed by atoms with Gasteiger partial charge < -0.3 is 11.1 Å². The van der Waals surface area contributed by atoms with Crippen LogP contribution in [0.15, 0.2) is 9.59 Å². The highest BCUT2D eigenvalue weighted by molar-refractivity contribution is 5.92. The number of carbonyl (C=O) groups excluding carboxylic acids is 1. The van der Waals surface area contributed by atoms with Crippen molar-refractivity contribution in [3.63, 3.8) is 0 Å². The third-order valence-corrected chi connectivity index (χ3v) is 2.73. The molecular formula is C11H18N4O3. The number of nitrogens with one attached hydrogen (secondary N) is 1. The smallest absolute Gasteiger partial charge is 0.332 e. The zero-order chi connectivity index (χ0) is 13.9. The van der Waals surface area contributed by atoms with Crippen LogP contribution in [0.5, 0.6) is 0 Å². The Morgan fingerprint density at radius 1 is 1.28 bits per heavy atom. The van der Waals surface area contributed by atoms with E-state index >= 15 is 0 Å². The van der Waals surface area contributed by atoms with Gasteiger partial charge in [0.2, 0.25) is 5.91 Å². The Balaban J connectivity index is 3.15. The van der Waals surface area contributed by atoms with E-state index in [0.29, 0.717) is 6.42 Å². The molecule has 0 saturated heterocycles. The Morgan fingerprint density at radius 2 is 1.89 bits per heavy atom. The summed E-state index contributed by atoms with van der Waals surface area (Å²) in [4.78, 5) is 35.0. The zero-order valence-corrected chi connectivity index (χ0v) is 10.8. The lowest BCUT2D eigenvalue weighted by Crippen LogP contribution is -2.40. The molecule has 1 aromatic heterocycles. The molecule has 0 aliphatic rings. The van der Waals surface area contributed by atoms with Crippen molar-refractivity contribution in [3.8, 4) is 0 Å². The second-order valence-corrected chi connectivity index (χ2v) is 4.12. The fourth-order valence-corrected chi connectivity index (χ4v) is 1.52. The van der Waals surface area contributed by atoms with Gasteiger partial charge in [0.1, 0.15) is 11.5 Å². The molecule has 0 saturated carbocycles. The van der Waals surface area contributed by atoms with Gasteiger partial charge in [-0.15, -0.1) is 0 Å². The van der Waals surface area contributed by atoms with Gasteiger partial charge in [-0.05, 0) is 6.42 Å². The van der Waals surface area contributed by atoms with Crippen LogP contribution in [-0.2, 0) is 18.9 Å². The highest BCUT2D eigenvalue weighted by Crippen LogP contribution is 2.10. The Morgan fingerprint density at radius 3 is 2.44 bits per heavy atom. The van der Waals surface area contributed by atoms with E-state index in [2.05, 4.69) is 5.32 Å². The molecule has 0 atom stereocenters. The Hall–Kier alpha value is -2.05. The van der Waals surface area contributed by atoms with Crippen molar-refractivity contribution in [1.82, 2.24) is 9.13 Å². The first-order chi connectivity index (χ1) is 8.40. The van der Waals surface area contributed by atoms with Crippen molar-refractivity contribution in [2.45, 2.75) is 26.2 Å². The molecule has 0 bridgehead atoms. The van der Waals surface area contributed by atoms with Gasteiger partial charge in [-0.3, -0.25) is 18.7 Å². The van der Waals surface area contributed by atoms with Crippen LogP contribution in [0, 0.1) is 0 Å². The molecule has 3 N–H and O–H groups in total. The monoisotopic (exact) mass is 254 g/mol. The molecule has 0 aliphatic heterocycles. The van der Waals surface area contributed by atoms with E-state index in [9.17, 15) is 14.4 Å². The minimum absolute atomic E-state index is 0.0343. The summed E-state index contributed by atoms with van der Waals surface area (Å²) < 4.78 is 2.03. The van der Waals surface area contributed by atoms with Crippen LogP contribution >= 0.6 is 0 Å². The van der Waals surface area contributed by atoms with E-state index in [0.717, 1.165) is 22.0 Å². The average Bonchev–Trinajstić information content (AvgIpc) is 2.36. The largest absolute Gasteiger partial charge is 0.383 e. The van der Waals surface area contributed by atoms with Gasteiger partial charge in [0.15, 0.2) is 0 Å². The van der Waals surface area contributed by atoms with Crippen LogP contribution in [0.3, 0.4) is 0 Å². The lowest BCUT2D eigenvalue weighted by Gasteiger charge is -2.12. The number of aromatic nitrogens is 2. The summed E-state index contributed by atoms with van der Waals surface area (Å²) in [5, 5.41) is 2.47. The summed E-state index contributed by atoms with van der Waals surface area (Å²) in [6.07, 6.45) is 1.94. The van der Waals surface area contributed by atoms with Crippen molar-refractivity contribution in [2.75, 3.05) is 11.1 Å². The molecule has 0 unspecified atom stereocenters. The van der Waals surface area contributed by atoms with Gasteiger partial charge in [-0.1, -0.05) is 13.3 Å².